The van der Waals surface area contributed by atoms with Gasteiger partial charge in [0.2, 0.25) is 5.91 Å². The molecule has 1 aromatic rings. The third-order valence-corrected chi connectivity index (χ3v) is 8.83. The average Bonchev–Trinajstić information content (AvgIpc) is 3.08. The van der Waals surface area contributed by atoms with Crippen LogP contribution in [0.15, 0.2) is 30.3 Å². The second-order valence-corrected chi connectivity index (χ2v) is 10.5. The van der Waals surface area contributed by atoms with Crippen LogP contribution in [0.4, 0.5) is 0 Å². The zero-order valence-corrected chi connectivity index (χ0v) is 18.0. The third kappa shape index (κ3) is 2.90. The van der Waals surface area contributed by atoms with E-state index in [2.05, 4.69) is 54.8 Å². The molecule has 1 aliphatic heterocycles. The summed E-state index contributed by atoms with van der Waals surface area (Å²) in [5, 5.41) is 7.01. The third-order valence-electron chi connectivity index (χ3n) is 8.83. The predicted octanol–water partition coefficient (Wildman–Crippen LogP) is 3.66. The number of carbonyl (C=O) groups excluding carboxylic acids is 1. The Bertz CT molecular complexity index is 767. The molecule has 0 spiro atoms. The zero-order chi connectivity index (χ0) is 20.1. The van der Waals surface area contributed by atoms with E-state index in [-0.39, 0.29) is 16.2 Å². The number of nitrogens with one attached hydrogen (secondary N) is 2. The largest absolute Gasteiger partial charge is 0.381 e. The van der Waals surface area contributed by atoms with Gasteiger partial charge in [-0.2, -0.15) is 0 Å². The first-order valence-corrected chi connectivity index (χ1v) is 11.7. The van der Waals surface area contributed by atoms with Gasteiger partial charge in [0.05, 0.1) is 12.0 Å². The van der Waals surface area contributed by atoms with Gasteiger partial charge in [-0.1, -0.05) is 37.3 Å². The zero-order valence-electron chi connectivity index (χ0n) is 18.0. The minimum absolute atomic E-state index is 0.00199. The van der Waals surface area contributed by atoms with Gasteiger partial charge in [0.1, 0.15) is 0 Å². The predicted molar refractivity (Wildman–Crippen MR) is 115 cm³/mol. The molecule has 4 bridgehead atoms. The number of amides is 1. The first kappa shape index (κ1) is 19.6. The molecule has 6 atom stereocenters. The van der Waals surface area contributed by atoms with E-state index in [9.17, 15) is 4.79 Å². The van der Waals surface area contributed by atoms with Gasteiger partial charge < -0.3 is 15.4 Å². The van der Waals surface area contributed by atoms with Gasteiger partial charge >= 0.3 is 0 Å². The second kappa shape index (κ2) is 7.09. The van der Waals surface area contributed by atoms with Gasteiger partial charge in [-0.05, 0) is 81.4 Å². The fraction of sp³-hybridized carbons (Fsp3) is 0.720. The van der Waals surface area contributed by atoms with Crippen LogP contribution in [0.25, 0.3) is 0 Å². The number of hydrogen-bond donors (Lipinski definition) is 2. The summed E-state index contributed by atoms with van der Waals surface area (Å²) >= 11 is 0. The van der Waals surface area contributed by atoms with Gasteiger partial charge in [-0.25, -0.2) is 0 Å². The van der Waals surface area contributed by atoms with E-state index in [4.69, 9.17) is 4.74 Å². The molecule has 4 nitrogen and oxygen atoms in total. The molecule has 1 heterocycles. The summed E-state index contributed by atoms with van der Waals surface area (Å²) in [5.74, 6) is 1.47. The van der Waals surface area contributed by atoms with E-state index in [0.29, 0.717) is 23.8 Å². The van der Waals surface area contributed by atoms with Crippen molar-refractivity contribution in [1.82, 2.24) is 10.6 Å². The van der Waals surface area contributed by atoms with Crippen molar-refractivity contribution in [1.29, 1.82) is 0 Å². The van der Waals surface area contributed by atoms with Crippen LogP contribution in [-0.2, 0) is 14.9 Å². The summed E-state index contributed by atoms with van der Waals surface area (Å²) in [5.41, 5.74) is 1.33. The van der Waals surface area contributed by atoms with Crippen LogP contribution in [-0.4, -0.2) is 38.3 Å². The summed E-state index contributed by atoms with van der Waals surface area (Å²) in [7, 11) is 0. The summed E-state index contributed by atoms with van der Waals surface area (Å²) in [6.45, 7) is 7.81. The number of rotatable bonds is 6. The maximum atomic E-state index is 14.0. The van der Waals surface area contributed by atoms with Crippen molar-refractivity contribution in [3.63, 3.8) is 0 Å². The first-order valence-electron chi connectivity index (χ1n) is 11.7. The lowest BCUT2D eigenvalue weighted by Crippen LogP contribution is -2.55. The van der Waals surface area contributed by atoms with Crippen molar-refractivity contribution in [2.24, 2.45) is 22.7 Å². The van der Waals surface area contributed by atoms with E-state index in [0.717, 1.165) is 58.4 Å². The summed E-state index contributed by atoms with van der Waals surface area (Å²) in [6, 6.07) is 11.3. The Hall–Kier alpha value is -1.39. The fourth-order valence-corrected chi connectivity index (χ4v) is 7.77. The van der Waals surface area contributed by atoms with Crippen molar-refractivity contribution in [2.75, 3.05) is 26.3 Å². The van der Waals surface area contributed by atoms with E-state index in [1.165, 1.54) is 12.0 Å². The molecule has 158 valence electrons. The van der Waals surface area contributed by atoms with Crippen LogP contribution in [0.1, 0.15) is 57.9 Å². The van der Waals surface area contributed by atoms with E-state index >= 15 is 0 Å². The highest BCUT2D eigenvalue weighted by Crippen LogP contribution is 2.76. The van der Waals surface area contributed by atoms with Gasteiger partial charge in [-0.3, -0.25) is 4.79 Å². The lowest BCUT2D eigenvalue weighted by molar-refractivity contribution is -0.140. The Morgan fingerprint density at radius 2 is 2.03 bits per heavy atom. The standard InChI is InChI=1S/C25H36N2O2/c1-3-29-17-24-12-19-11-23(15-24,20-7-5-4-6-8-20)16-25(24,13-19)22(28)27-21-9-10-26-14-18(21)2/h4-8,18-19,21,26H,3,9-17H2,1-2H3,(H,27,28)/t18?,19?,21?,23-,24-,25?/m1/s1. The van der Waals surface area contributed by atoms with Gasteiger partial charge in [-0.15, -0.1) is 0 Å². The molecule has 4 aliphatic carbocycles. The Labute approximate surface area is 175 Å². The van der Waals surface area contributed by atoms with Crippen molar-refractivity contribution in [3.8, 4) is 0 Å². The van der Waals surface area contributed by atoms with Crippen molar-refractivity contribution >= 4 is 5.91 Å². The molecule has 29 heavy (non-hydrogen) atoms. The molecule has 4 heteroatoms. The highest BCUT2D eigenvalue weighted by Gasteiger charge is 2.74. The van der Waals surface area contributed by atoms with Crippen LogP contribution in [0.2, 0.25) is 0 Å². The van der Waals surface area contributed by atoms with E-state index < -0.39 is 0 Å². The lowest BCUT2D eigenvalue weighted by atomic mass is 9.63. The van der Waals surface area contributed by atoms with Crippen LogP contribution in [0, 0.1) is 22.7 Å². The Kier molecular flexibility index (Phi) is 4.78. The van der Waals surface area contributed by atoms with Crippen molar-refractivity contribution in [3.05, 3.63) is 35.9 Å². The molecule has 5 fully saturated rings. The topological polar surface area (TPSA) is 50.4 Å². The van der Waals surface area contributed by atoms with Crippen molar-refractivity contribution < 1.29 is 9.53 Å². The summed E-state index contributed by atoms with van der Waals surface area (Å²) in [6.07, 6.45) is 6.60. The molecular weight excluding hydrogens is 360 g/mol. The minimum Gasteiger partial charge on any atom is -0.381 e. The van der Waals surface area contributed by atoms with E-state index in [1.807, 2.05) is 0 Å². The van der Waals surface area contributed by atoms with Gasteiger partial charge in [0, 0.05) is 18.1 Å². The number of carbonyl (C=O) groups is 1. The molecule has 1 saturated heterocycles. The van der Waals surface area contributed by atoms with Crippen LogP contribution in [0.5, 0.6) is 0 Å². The second-order valence-electron chi connectivity index (χ2n) is 10.5. The highest BCUT2D eigenvalue weighted by atomic mass is 16.5. The smallest absolute Gasteiger partial charge is 0.227 e. The lowest BCUT2D eigenvalue weighted by Gasteiger charge is -2.41. The molecular formula is C25H36N2O2. The molecule has 1 amide bonds. The quantitative estimate of drug-likeness (QED) is 0.772. The number of benzene rings is 1. The van der Waals surface area contributed by atoms with Crippen LogP contribution < -0.4 is 10.6 Å². The number of piperidine rings is 1. The number of ether oxygens (including phenoxy) is 1. The van der Waals surface area contributed by atoms with Gasteiger partial charge in [0.25, 0.3) is 0 Å². The Morgan fingerprint density at radius 3 is 2.79 bits per heavy atom. The Balaban J connectivity index is 1.49. The maximum Gasteiger partial charge on any atom is 0.227 e. The molecule has 4 saturated carbocycles. The van der Waals surface area contributed by atoms with Gasteiger partial charge in [0.15, 0.2) is 0 Å². The molecule has 6 rings (SSSR count). The Morgan fingerprint density at radius 1 is 1.21 bits per heavy atom. The minimum atomic E-state index is -0.258. The fourth-order valence-electron chi connectivity index (χ4n) is 7.77. The SMILES string of the molecule is CCOC[C@]12CC3CC1(C(=O)NC1CCNCC1C)C[C@@](c1ccccc1)(C3)C2. The highest BCUT2D eigenvalue weighted by molar-refractivity contribution is 5.86. The summed E-state index contributed by atoms with van der Waals surface area (Å²) in [4.78, 5) is 14.0. The average molecular weight is 397 g/mol. The monoisotopic (exact) mass is 396 g/mol. The normalized spacial score (nSPS) is 42.9. The molecule has 0 aromatic heterocycles. The van der Waals surface area contributed by atoms with Crippen LogP contribution >= 0.6 is 0 Å². The molecule has 0 radical (unpaired) electrons. The molecule has 5 aliphatic rings. The molecule has 2 N–H and O–H groups in total. The first-order chi connectivity index (χ1) is 14.0. The van der Waals surface area contributed by atoms with E-state index in [1.54, 1.807) is 0 Å². The van der Waals surface area contributed by atoms with Crippen molar-refractivity contribution in [2.45, 2.75) is 63.8 Å². The number of hydrogen-bond acceptors (Lipinski definition) is 3. The van der Waals surface area contributed by atoms with Crippen LogP contribution in [0.3, 0.4) is 0 Å². The molecule has 1 aromatic carbocycles. The maximum absolute atomic E-state index is 14.0. The molecule has 4 unspecified atom stereocenters. The summed E-state index contributed by atoms with van der Waals surface area (Å²) < 4.78 is 6.07.